The largest absolute Gasteiger partial charge is 0.472 e. The average molecular weight is 762 g/mol. The molecule has 0 aliphatic carbocycles. The van der Waals surface area contributed by atoms with Gasteiger partial charge in [-0.3, -0.25) is 18.6 Å². The molecule has 0 aromatic carbocycles. The van der Waals surface area contributed by atoms with Crippen LogP contribution in [0, 0.1) is 0 Å². The Kier molecular flexibility index (Phi) is 36.8. The average Bonchev–Trinajstić information content (AvgIpc) is 3.14. The van der Waals surface area contributed by atoms with E-state index in [9.17, 15) is 19.0 Å². The van der Waals surface area contributed by atoms with Crippen LogP contribution >= 0.6 is 7.82 Å². The molecule has 0 aliphatic rings. The third-order valence-corrected chi connectivity index (χ3v) is 8.75. The van der Waals surface area contributed by atoms with E-state index in [1.165, 1.54) is 25.7 Å². The van der Waals surface area contributed by atoms with Crippen molar-refractivity contribution in [3.63, 3.8) is 0 Å². The molecule has 0 rings (SSSR count). The Morgan fingerprint density at radius 3 is 1.57 bits per heavy atom. The van der Waals surface area contributed by atoms with Gasteiger partial charge < -0.3 is 20.1 Å². The van der Waals surface area contributed by atoms with Crippen LogP contribution in [0.25, 0.3) is 0 Å². The lowest BCUT2D eigenvalue weighted by Crippen LogP contribution is -2.29. The lowest BCUT2D eigenvalue weighted by Gasteiger charge is -2.19. The van der Waals surface area contributed by atoms with Crippen molar-refractivity contribution >= 4 is 19.8 Å². The van der Waals surface area contributed by atoms with E-state index in [1.54, 1.807) is 0 Å². The van der Waals surface area contributed by atoms with Crippen molar-refractivity contribution in [1.82, 2.24) is 0 Å². The molecule has 0 radical (unpaired) electrons. The van der Waals surface area contributed by atoms with Gasteiger partial charge in [-0.25, -0.2) is 4.57 Å². The van der Waals surface area contributed by atoms with Crippen molar-refractivity contribution in [3.8, 4) is 0 Å². The molecule has 0 saturated heterocycles. The van der Waals surface area contributed by atoms with E-state index in [-0.39, 0.29) is 32.6 Å². The molecular weight excluding hydrogens is 689 g/mol. The van der Waals surface area contributed by atoms with Crippen molar-refractivity contribution in [2.45, 2.75) is 148 Å². The second-order valence-electron chi connectivity index (χ2n) is 12.8. The number of unbranched alkanes of at least 4 members (excludes halogenated alkanes) is 9. The first-order valence-electron chi connectivity index (χ1n) is 20.1. The van der Waals surface area contributed by atoms with Crippen molar-refractivity contribution in [1.29, 1.82) is 0 Å². The van der Waals surface area contributed by atoms with Crippen LogP contribution in [-0.2, 0) is 32.7 Å². The summed E-state index contributed by atoms with van der Waals surface area (Å²) < 4.78 is 32.6. The summed E-state index contributed by atoms with van der Waals surface area (Å²) in [6.45, 7) is 3.48. The number of esters is 2. The number of carbonyl (C=O) groups is 2. The molecular formula is C43H72NO8P. The highest BCUT2D eigenvalue weighted by atomic mass is 31.2. The van der Waals surface area contributed by atoms with E-state index in [0.29, 0.717) is 12.8 Å². The molecule has 0 fully saturated rings. The number of hydrogen-bond acceptors (Lipinski definition) is 8. The van der Waals surface area contributed by atoms with Gasteiger partial charge in [-0.1, -0.05) is 125 Å². The van der Waals surface area contributed by atoms with Crippen LogP contribution in [0.4, 0.5) is 0 Å². The molecule has 0 heterocycles. The van der Waals surface area contributed by atoms with Gasteiger partial charge in [0.15, 0.2) is 6.10 Å². The normalized spacial score (nSPS) is 14.3. The standard InChI is InChI=1S/C43H72NO8P/c1-3-5-7-9-11-13-15-17-19-20-22-24-26-28-30-32-34-36-43(46)52-41(40-51-53(47,48)50-38-37-44)39-49-42(45)35-33-31-29-27-25-23-21-18-16-14-12-10-8-6-4-2/h6,8,11-14,17-19,21-22,24-25,27,41H,3-5,7,9-10,15-16,20,23,26,28-40,44H2,1-2H3,(H,47,48)/t41-/m1/s1. The van der Waals surface area contributed by atoms with Crippen LogP contribution in [0.15, 0.2) is 85.1 Å². The molecule has 0 amide bonds. The number of phosphoric acid groups is 1. The first-order chi connectivity index (χ1) is 25.8. The molecule has 0 aromatic heterocycles. The lowest BCUT2D eigenvalue weighted by atomic mass is 10.1. The van der Waals surface area contributed by atoms with Crippen molar-refractivity contribution in [2.24, 2.45) is 5.73 Å². The number of phosphoric ester groups is 1. The van der Waals surface area contributed by atoms with Gasteiger partial charge in [0.25, 0.3) is 0 Å². The van der Waals surface area contributed by atoms with Gasteiger partial charge in [-0.05, 0) is 89.9 Å². The first kappa shape index (κ1) is 50.2. The number of allylic oxidation sites excluding steroid dienone is 14. The van der Waals surface area contributed by atoms with Crippen LogP contribution in [0.5, 0.6) is 0 Å². The zero-order valence-corrected chi connectivity index (χ0v) is 33.9. The first-order valence-corrected chi connectivity index (χ1v) is 21.6. The van der Waals surface area contributed by atoms with E-state index in [4.69, 9.17) is 24.3 Å². The van der Waals surface area contributed by atoms with E-state index in [0.717, 1.165) is 77.0 Å². The topological polar surface area (TPSA) is 134 Å². The predicted octanol–water partition coefficient (Wildman–Crippen LogP) is 11.3. The van der Waals surface area contributed by atoms with Gasteiger partial charge in [0.2, 0.25) is 0 Å². The van der Waals surface area contributed by atoms with Crippen molar-refractivity contribution < 1.29 is 37.6 Å². The molecule has 10 heteroatoms. The number of hydrogen-bond donors (Lipinski definition) is 2. The minimum absolute atomic E-state index is 0.0389. The smallest absolute Gasteiger partial charge is 0.462 e. The molecule has 0 bridgehead atoms. The zero-order valence-electron chi connectivity index (χ0n) is 33.0. The highest BCUT2D eigenvalue weighted by Gasteiger charge is 2.25. The van der Waals surface area contributed by atoms with Gasteiger partial charge in [0.05, 0.1) is 13.2 Å². The summed E-state index contributed by atoms with van der Waals surface area (Å²) >= 11 is 0. The fourth-order valence-corrected chi connectivity index (χ4v) is 5.57. The summed E-state index contributed by atoms with van der Waals surface area (Å²) in [6, 6.07) is 0. The molecule has 53 heavy (non-hydrogen) atoms. The molecule has 0 spiro atoms. The maximum absolute atomic E-state index is 12.5. The number of nitrogens with two attached hydrogens (primary N) is 1. The van der Waals surface area contributed by atoms with Crippen LogP contribution in [0.2, 0.25) is 0 Å². The van der Waals surface area contributed by atoms with Crippen LogP contribution in [-0.4, -0.2) is 49.3 Å². The minimum atomic E-state index is -4.40. The maximum Gasteiger partial charge on any atom is 0.472 e. The summed E-state index contributed by atoms with van der Waals surface area (Å²) in [5.74, 6) is -0.913. The van der Waals surface area contributed by atoms with Crippen LogP contribution in [0.3, 0.4) is 0 Å². The number of carbonyl (C=O) groups excluding carboxylic acids is 2. The van der Waals surface area contributed by atoms with Gasteiger partial charge in [0.1, 0.15) is 6.61 Å². The van der Waals surface area contributed by atoms with E-state index in [2.05, 4.69) is 98.9 Å². The van der Waals surface area contributed by atoms with Gasteiger partial charge in [-0.15, -0.1) is 0 Å². The van der Waals surface area contributed by atoms with Gasteiger partial charge in [-0.2, -0.15) is 0 Å². The number of ether oxygens (including phenoxy) is 2. The van der Waals surface area contributed by atoms with Crippen molar-refractivity contribution in [3.05, 3.63) is 85.1 Å². The Bertz CT molecular complexity index is 1140. The van der Waals surface area contributed by atoms with Crippen LogP contribution in [0.1, 0.15) is 142 Å². The quantitative estimate of drug-likeness (QED) is 0.0277. The van der Waals surface area contributed by atoms with Crippen LogP contribution < -0.4 is 5.73 Å². The molecule has 302 valence electrons. The molecule has 2 atom stereocenters. The second-order valence-corrected chi connectivity index (χ2v) is 14.2. The number of rotatable bonds is 36. The molecule has 1 unspecified atom stereocenters. The van der Waals surface area contributed by atoms with Crippen molar-refractivity contribution in [2.75, 3.05) is 26.4 Å². The minimum Gasteiger partial charge on any atom is -0.462 e. The lowest BCUT2D eigenvalue weighted by molar-refractivity contribution is -0.161. The van der Waals surface area contributed by atoms with Gasteiger partial charge >= 0.3 is 19.8 Å². The third kappa shape index (κ3) is 38.7. The van der Waals surface area contributed by atoms with E-state index < -0.39 is 32.5 Å². The molecule has 0 saturated carbocycles. The predicted molar refractivity (Wildman–Crippen MR) is 219 cm³/mol. The maximum atomic E-state index is 12.5. The Hall–Kier alpha value is -2.81. The Balaban J connectivity index is 4.34. The SMILES string of the molecule is CCC=CCC=CCC=CCC=CCCCCC(=O)OC[C@H](COP(=O)(O)OCCN)OC(=O)CCCCCCC=CCC=CCC=CCCCCC. The monoisotopic (exact) mass is 761 g/mol. The molecule has 0 aliphatic heterocycles. The summed E-state index contributed by atoms with van der Waals surface area (Å²) in [6.07, 6.45) is 47.6. The Labute approximate surface area is 322 Å². The molecule has 3 N–H and O–H groups in total. The van der Waals surface area contributed by atoms with E-state index >= 15 is 0 Å². The summed E-state index contributed by atoms with van der Waals surface area (Å²) in [7, 11) is -4.40. The highest BCUT2D eigenvalue weighted by molar-refractivity contribution is 7.47. The fourth-order valence-electron chi connectivity index (χ4n) is 4.81. The Morgan fingerprint density at radius 2 is 1.04 bits per heavy atom. The zero-order chi connectivity index (χ0) is 38.9. The third-order valence-electron chi connectivity index (χ3n) is 7.77. The fraction of sp³-hybridized carbons (Fsp3) is 0.628. The highest BCUT2D eigenvalue weighted by Crippen LogP contribution is 2.43. The summed E-state index contributed by atoms with van der Waals surface area (Å²) in [5.41, 5.74) is 5.33. The summed E-state index contributed by atoms with van der Waals surface area (Å²) in [5, 5.41) is 0. The Morgan fingerprint density at radius 1 is 0.585 bits per heavy atom. The second kappa shape index (κ2) is 38.9. The van der Waals surface area contributed by atoms with E-state index in [1.807, 2.05) is 0 Å². The molecule has 9 nitrogen and oxygen atoms in total. The van der Waals surface area contributed by atoms with Gasteiger partial charge in [0, 0.05) is 19.4 Å². The molecule has 0 aromatic rings. The summed E-state index contributed by atoms with van der Waals surface area (Å²) in [4.78, 5) is 34.8.